The van der Waals surface area contributed by atoms with Crippen LogP contribution in [0.15, 0.2) is 12.3 Å². The van der Waals surface area contributed by atoms with Gasteiger partial charge in [-0.15, -0.1) is 0 Å². The molecule has 17 heavy (non-hydrogen) atoms. The predicted molar refractivity (Wildman–Crippen MR) is 68.4 cm³/mol. The number of aromatic nitrogens is 1. The first-order chi connectivity index (χ1) is 8.29. The molecule has 1 heterocycles. The van der Waals surface area contributed by atoms with Crippen LogP contribution in [0.25, 0.3) is 0 Å². The number of anilines is 2. The minimum atomic E-state index is 0.504. The second-order valence-electron chi connectivity index (χ2n) is 4.64. The van der Waals surface area contributed by atoms with Crippen molar-refractivity contribution in [2.45, 2.75) is 32.1 Å². The van der Waals surface area contributed by atoms with E-state index in [0.717, 1.165) is 12.5 Å². The zero-order chi connectivity index (χ0) is 12.1. The summed E-state index contributed by atoms with van der Waals surface area (Å²) in [7, 11) is 0. The zero-order valence-electron chi connectivity index (χ0n) is 9.95. The third-order valence-corrected chi connectivity index (χ3v) is 3.37. The molecule has 1 saturated carbocycles. The molecule has 0 aromatic carbocycles. The fourth-order valence-corrected chi connectivity index (χ4v) is 2.38. The molecule has 90 valence electrons. The van der Waals surface area contributed by atoms with E-state index in [4.69, 9.17) is 11.0 Å². The van der Waals surface area contributed by atoms with Crippen LogP contribution in [-0.2, 0) is 0 Å². The van der Waals surface area contributed by atoms with Crippen molar-refractivity contribution < 1.29 is 0 Å². The van der Waals surface area contributed by atoms with Gasteiger partial charge in [0.25, 0.3) is 0 Å². The van der Waals surface area contributed by atoms with Gasteiger partial charge in [-0.2, -0.15) is 5.26 Å². The second-order valence-corrected chi connectivity index (χ2v) is 4.64. The van der Waals surface area contributed by atoms with Gasteiger partial charge in [0.1, 0.15) is 11.9 Å². The SMILES string of the molecule is N#Cc1cnc(NCCC2CCCC2)c(N)c1. The molecule has 0 atom stereocenters. The highest BCUT2D eigenvalue weighted by atomic mass is 15.0. The van der Waals surface area contributed by atoms with Crippen molar-refractivity contribution in [3.63, 3.8) is 0 Å². The van der Waals surface area contributed by atoms with E-state index < -0.39 is 0 Å². The Labute approximate surface area is 102 Å². The van der Waals surface area contributed by atoms with Gasteiger partial charge in [-0.3, -0.25) is 0 Å². The van der Waals surface area contributed by atoms with Crippen molar-refractivity contribution in [1.29, 1.82) is 5.26 Å². The first kappa shape index (κ1) is 11.7. The Balaban J connectivity index is 1.84. The van der Waals surface area contributed by atoms with Crippen molar-refractivity contribution in [2.75, 3.05) is 17.6 Å². The molecular formula is C13H18N4. The van der Waals surface area contributed by atoms with Gasteiger partial charge in [0.15, 0.2) is 0 Å². The number of pyridine rings is 1. The molecule has 0 unspecified atom stereocenters. The molecule has 4 nitrogen and oxygen atoms in total. The van der Waals surface area contributed by atoms with Gasteiger partial charge in [0.2, 0.25) is 0 Å². The Bertz CT molecular complexity index is 416. The molecule has 1 aliphatic rings. The number of nitrogens with two attached hydrogens (primary N) is 1. The van der Waals surface area contributed by atoms with E-state index in [1.807, 2.05) is 6.07 Å². The largest absolute Gasteiger partial charge is 0.396 e. The van der Waals surface area contributed by atoms with Crippen LogP contribution in [0.2, 0.25) is 0 Å². The fourth-order valence-electron chi connectivity index (χ4n) is 2.38. The van der Waals surface area contributed by atoms with E-state index in [1.54, 1.807) is 12.3 Å². The van der Waals surface area contributed by atoms with E-state index in [1.165, 1.54) is 32.1 Å². The highest BCUT2D eigenvalue weighted by Crippen LogP contribution is 2.27. The average molecular weight is 230 g/mol. The number of hydrogen-bond donors (Lipinski definition) is 2. The number of nitriles is 1. The van der Waals surface area contributed by atoms with Crippen LogP contribution in [0.3, 0.4) is 0 Å². The van der Waals surface area contributed by atoms with E-state index >= 15 is 0 Å². The van der Waals surface area contributed by atoms with E-state index in [-0.39, 0.29) is 0 Å². The van der Waals surface area contributed by atoms with Gasteiger partial charge in [0, 0.05) is 12.7 Å². The molecule has 4 heteroatoms. The van der Waals surface area contributed by atoms with Gasteiger partial charge in [-0.05, 0) is 18.4 Å². The maximum atomic E-state index is 8.71. The maximum Gasteiger partial charge on any atom is 0.149 e. The topological polar surface area (TPSA) is 74.7 Å². The van der Waals surface area contributed by atoms with E-state index in [2.05, 4.69) is 10.3 Å². The molecule has 0 radical (unpaired) electrons. The van der Waals surface area contributed by atoms with Crippen LogP contribution < -0.4 is 11.1 Å². The summed E-state index contributed by atoms with van der Waals surface area (Å²) in [6, 6.07) is 3.68. The number of nitrogens with zero attached hydrogens (tertiary/aromatic N) is 2. The Kier molecular flexibility index (Phi) is 3.81. The Morgan fingerprint density at radius 2 is 2.24 bits per heavy atom. The van der Waals surface area contributed by atoms with Crippen molar-refractivity contribution in [3.8, 4) is 6.07 Å². The third kappa shape index (κ3) is 3.10. The van der Waals surface area contributed by atoms with Crippen molar-refractivity contribution in [3.05, 3.63) is 17.8 Å². The summed E-state index contributed by atoms with van der Waals surface area (Å²) in [6.45, 7) is 0.910. The molecule has 1 aliphatic carbocycles. The quantitative estimate of drug-likeness (QED) is 0.833. The number of nitrogen functional groups attached to an aromatic ring is 1. The lowest BCUT2D eigenvalue weighted by molar-refractivity contribution is 0.518. The normalized spacial score (nSPS) is 15.7. The Morgan fingerprint density at radius 1 is 1.47 bits per heavy atom. The summed E-state index contributed by atoms with van der Waals surface area (Å²) in [5.74, 6) is 1.56. The molecule has 0 bridgehead atoms. The van der Waals surface area contributed by atoms with Crippen LogP contribution in [0.1, 0.15) is 37.7 Å². The van der Waals surface area contributed by atoms with Gasteiger partial charge < -0.3 is 11.1 Å². The number of nitrogens with one attached hydrogen (secondary N) is 1. The van der Waals surface area contributed by atoms with Crippen molar-refractivity contribution in [1.82, 2.24) is 4.98 Å². The zero-order valence-corrected chi connectivity index (χ0v) is 9.95. The smallest absolute Gasteiger partial charge is 0.149 e. The van der Waals surface area contributed by atoms with Crippen molar-refractivity contribution in [2.24, 2.45) is 5.92 Å². The monoisotopic (exact) mass is 230 g/mol. The van der Waals surface area contributed by atoms with E-state index in [9.17, 15) is 0 Å². The summed E-state index contributed by atoms with van der Waals surface area (Å²) in [5.41, 5.74) is 6.87. The molecule has 2 rings (SSSR count). The Morgan fingerprint density at radius 3 is 2.88 bits per heavy atom. The van der Waals surface area contributed by atoms with Gasteiger partial charge in [-0.25, -0.2) is 4.98 Å². The van der Waals surface area contributed by atoms with Crippen LogP contribution in [0.4, 0.5) is 11.5 Å². The summed E-state index contributed by atoms with van der Waals surface area (Å²) >= 11 is 0. The van der Waals surface area contributed by atoms with Crippen LogP contribution in [0, 0.1) is 17.2 Å². The van der Waals surface area contributed by atoms with Crippen LogP contribution in [0.5, 0.6) is 0 Å². The lowest BCUT2D eigenvalue weighted by Gasteiger charge is -2.11. The fraction of sp³-hybridized carbons (Fsp3) is 0.538. The molecule has 0 aliphatic heterocycles. The number of hydrogen-bond acceptors (Lipinski definition) is 4. The lowest BCUT2D eigenvalue weighted by Crippen LogP contribution is -2.09. The van der Waals surface area contributed by atoms with Crippen LogP contribution in [-0.4, -0.2) is 11.5 Å². The Hall–Kier alpha value is -1.76. The van der Waals surface area contributed by atoms with Gasteiger partial charge in [-0.1, -0.05) is 25.7 Å². The molecule has 1 aromatic rings. The van der Waals surface area contributed by atoms with Gasteiger partial charge in [0.05, 0.1) is 11.3 Å². The average Bonchev–Trinajstić information content (AvgIpc) is 2.84. The van der Waals surface area contributed by atoms with Crippen LogP contribution >= 0.6 is 0 Å². The predicted octanol–water partition coefficient (Wildman–Crippen LogP) is 2.53. The minimum absolute atomic E-state index is 0.504. The first-order valence-corrected chi connectivity index (χ1v) is 6.19. The molecule has 0 spiro atoms. The maximum absolute atomic E-state index is 8.71. The molecule has 1 aromatic heterocycles. The summed E-state index contributed by atoms with van der Waals surface area (Å²) in [5, 5.41) is 12.0. The highest BCUT2D eigenvalue weighted by Gasteiger charge is 2.14. The van der Waals surface area contributed by atoms with Gasteiger partial charge >= 0.3 is 0 Å². The first-order valence-electron chi connectivity index (χ1n) is 6.19. The van der Waals surface area contributed by atoms with E-state index in [0.29, 0.717) is 17.1 Å². The molecule has 1 fully saturated rings. The molecule has 0 amide bonds. The summed E-state index contributed by atoms with van der Waals surface area (Å²) < 4.78 is 0. The third-order valence-electron chi connectivity index (χ3n) is 3.37. The molecular weight excluding hydrogens is 212 g/mol. The van der Waals surface area contributed by atoms with Crippen molar-refractivity contribution >= 4 is 11.5 Å². The summed E-state index contributed by atoms with van der Waals surface area (Å²) in [6.07, 6.45) is 8.20. The molecule has 0 saturated heterocycles. The molecule has 3 N–H and O–H groups in total. The standard InChI is InChI=1S/C13H18N4/c14-8-11-7-12(15)13(17-9-11)16-6-5-10-3-1-2-4-10/h7,9-10H,1-6,15H2,(H,16,17). The number of rotatable bonds is 4. The lowest BCUT2D eigenvalue weighted by atomic mass is 10.0. The minimum Gasteiger partial charge on any atom is -0.396 e. The highest BCUT2D eigenvalue weighted by molar-refractivity contribution is 5.62. The second kappa shape index (κ2) is 5.53. The summed E-state index contributed by atoms with van der Waals surface area (Å²) in [4.78, 5) is 4.15.